The van der Waals surface area contributed by atoms with Gasteiger partial charge in [-0.2, -0.15) is 5.10 Å². The molecule has 1 atom stereocenters. The van der Waals surface area contributed by atoms with Crippen LogP contribution in [0.2, 0.25) is 5.02 Å². The lowest BCUT2D eigenvalue weighted by atomic mass is 9.96. The Morgan fingerprint density at radius 2 is 2.24 bits per heavy atom. The molecule has 0 spiro atoms. The van der Waals surface area contributed by atoms with E-state index in [0.29, 0.717) is 18.1 Å². The van der Waals surface area contributed by atoms with Crippen LogP contribution in [-0.2, 0) is 18.4 Å². The van der Waals surface area contributed by atoms with Crippen molar-refractivity contribution in [1.29, 1.82) is 0 Å². The molecule has 1 N–H and O–H groups in total. The number of nitrogens with zero attached hydrogens (tertiary/aromatic N) is 3. The van der Waals surface area contributed by atoms with Crippen LogP contribution in [0.3, 0.4) is 0 Å². The third kappa shape index (κ3) is 4.39. The normalized spacial score (nSPS) is 17.4. The molecule has 1 saturated heterocycles. The summed E-state index contributed by atoms with van der Waals surface area (Å²) in [5.41, 5.74) is 1.60. The highest BCUT2D eigenvalue weighted by molar-refractivity contribution is 6.30. The first-order chi connectivity index (χ1) is 12.0. The standard InChI is InChI=1S/C18H21ClN4O2/c1-22-17(24)9-16(11-21-22)23-7-3-5-14(12-23)18(25)20-10-13-4-2-6-15(19)8-13/h2,4,6,8-9,11,14H,3,5,7,10,12H2,1H3,(H,20,25). The van der Waals surface area contributed by atoms with Crippen LogP contribution in [0.4, 0.5) is 5.69 Å². The van der Waals surface area contributed by atoms with E-state index in [0.717, 1.165) is 30.6 Å². The van der Waals surface area contributed by atoms with Gasteiger partial charge in [0.15, 0.2) is 0 Å². The summed E-state index contributed by atoms with van der Waals surface area (Å²) in [6, 6.07) is 9.03. The smallest absolute Gasteiger partial charge is 0.268 e. The minimum Gasteiger partial charge on any atom is -0.369 e. The number of aryl methyl sites for hydroxylation is 1. The second-order valence-electron chi connectivity index (χ2n) is 6.31. The summed E-state index contributed by atoms with van der Waals surface area (Å²) < 4.78 is 1.29. The average molecular weight is 361 g/mol. The molecule has 3 rings (SSSR count). The molecule has 1 unspecified atom stereocenters. The van der Waals surface area contributed by atoms with E-state index in [4.69, 9.17) is 11.6 Å². The lowest BCUT2D eigenvalue weighted by Gasteiger charge is -2.33. The molecule has 1 aromatic heterocycles. The van der Waals surface area contributed by atoms with Crippen LogP contribution in [0.1, 0.15) is 18.4 Å². The van der Waals surface area contributed by atoms with Crippen LogP contribution in [-0.4, -0.2) is 28.8 Å². The molecule has 2 aromatic rings. The summed E-state index contributed by atoms with van der Waals surface area (Å²) in [7, 11) is 1.62. The van der Waals surface area contributed by atoms with Gasteiger partial charge in [0.2, 0.25) is 5.91 Å². The quantitative estimate of drug-likeness (QED) is 0.905. The third-order valence-electron chi connectivity index (χ3n) is 4.47. The molecule has 0 radical (unpaired) electrons. The first kappa shape index (κ1) is 17.5. The highest BCUT2D eigenvalue weighted by Crippen LogP contribution is 2.22. The van der Waals surface area contributed by atoms with Crippen molar-refractivity contribution in [2.75, 3.05) is 18.0 Å². The van der Waals surface area contributed by atoms with Crippen LogP contribution >= 0.6 is 11.6 Å². The van der Waals surface area contributed by atoms with Crippen molar-refractivity contribution >= 4 is 23.2 Å². The Bertz CT molecular complexity index is 821. The molecule has 6 nitrogen and oxygen atoms in total. The Labute approximate surface area is 151 Å². The second-order valence-corrected chi connectivity index (χ2v) is 6.74. The van der Waals surface area contributed by atoms with Gasteiger partial charge in [-0.15, -0.1) is 0 Å². The van der Waals surface area contributed by atoms with E-state index in [-0.39, 0.29) is 17.4 Å². The number of benzene rings is 1. The molecule has 132 valence electrons. The van der Waals surface area contributed by atoms with E-state index in [1.807, 2.05) is 24.3 Å². The van der Waals surface area contributed by atoms with E-state index in [2.05, 4.69) is 15.3 Å². The Morgan fingerprint density at radius 1 is 1.40 bits per heavy atom. The van der Waals surface area contributed by atoms with Crippen molar-refractivity contribution in [3.63, 3.8) is 0 Å². The predicted octanol–water partition coefficient (Wildman–Crippen LogP) is 1.97. The van der Waals surface area contributed by atoms with Gasteiger partial charge < -0.3 is 10.2 Å². The number of aromatic nitrogens is 2. The van der Waals surface area contributed by atoms with Crippen molar-refractivity contribution < 1.29 is 4.79 Å². The van der Waals surface area contributed by atoms with Gasteiger partial charge in [-0.3, -0.25) is 9.59 Å². The monoisotopic (exact) mass is 360 g/mol. The molecular formula is C18H21ClN4O2. The van der Waals surface area contributed by atoms with Gasteiger partial charge in [0, 0.05) is 37.8 Å². The molecule has 0 bridgehead atoms. The number of hydrogen-bond donors (Lipinski definition) is 1. The fraction of sp³-hybridized carbons (Fsp3) is 0.389. The zero-order valence-electron chi connectivity index (χ0n) is 14.1. The summed E-state index contributed by atoms with van der Waals surface area (Å²) in [5, 5.41) is 7.70. The Hall–Kier alpha value is -2.34. The summed E-state index contributed by atoms with van der Waals surface area (Å²) in [6.45, 7) is 1.88. The number of carbonyl (C=O) groups excluding carboxylic acids is 1. The molecule has 1 fully saturated rings. The van der Waals surface area contributed by atoms with Crippen molar-refractivity contribution in [1.82, 2.24) is 15.1 Å². The summed E-state index contributed by atoms with van der Waals surface area (Å²) in [4.78, 5) is 26.3. The number of hydrogen-bond acceptors (Lipinski definition) is 4. The number of rotatable bonds is 4. The topological polar surface area (TPSA) is 67.2 Å². The molecule has 25 heavy (non-hydrogen) atoms. The van der Waals surface area contributed by atoms with Gasteiger partial charge in [-0.1, -0.05) is 23.7 Å². The largest absolute Gasteiger partial charge is 0.369 e. The zero-order chi connectivity index (χ0) is 17.8. The molecule has 1 aliphatic heterocycles. The van der Waals surface area contributed by atoms with Crippen LogP contribution in [0.15, 0.2) is 41.3 Å². The molecule has 1 aliphatic rings. The molecule has 1 amide bonds. The minimum absolute atomic E-state index is 0.0291. The lowest BCUT2D eigenvalue weighted by molar-refractivity contribution is -0.125. The van der Waals surface area contributed by atoms with Gasteiger partial charge in [-0.05, 0) is 30.5 Å². The van der Waals surface area contributed by atoms with E-state index in [1.54, 1.807) is 19.3 Å². The van der Waals surface area contributed by atoms with E-state index in [1.165, 1.54) is 4.68 Å². The van der Waals surface area contributed by atoms with Gasteiger partial charge in [0.25, 0.3) is 5.56 Å². The maximum Gasteiger partial charge on any atom is 0.268 e. The van der Waals surface area contributed by atoms with Crippen LogP contribution in [0, 0.1) is 5.92 Å². The number of amides is 1. The minimum atomic E-state index is -0.148. The van der Waals surface area contributed by atoms with E-state index in [9.17, 15) is 9.59 Å². The SMILES string of the molecule is Cn1ncc(N2CCCC(C(=O)NCc3cccc(Cl)c3)C2)cc1=O. The van der Waals surface area contributed by atoms with Crippen molar-refractivity contribution in [3.05, 3.63) is 57.5 Å². The second kappa shape index (κ2) is 7.70. The number of anilines is 1. The fourth-order valence-corrected chi connectivity index (χ4v) is 3.25. The number of halogens is 1. The Kier molecular flexibility index (Phi) is 5.38. The number of nitrogens with one attached hydrogen (secondary N) is 1. The van der Waals surface area contributed by atoms with Crippen LogP contribution in [0.5, 0.6) is 0 Å². The summed E-state index contributed by atoms with van der Waals surface area (Å²) >= 11 is 5.97. The number of carbonyl (C=O) groups is 1. The lowest BCUT2D eigenvalue weighted by Crippen LogP contribution is -2.43. The Balaban J connectivity index is 1.61. The fourth-order valence-electron chi connectivity index (χ4n) is 3.04. The first-order valence-corrected chi connectivity index (χ1v) is 8.71. The molecule has 2 heterocycles. The van der Waals surface area contributed by atoms with Crippen molar-refractivity contribution in [2.45, 2.75) is 19.4 Å². The van der Waals surface area contributed by atoms with Gasteiger partial charge in [-0.25, -0.2) is 4.68 Å². The third-order valence-corrected chi connectivity index (χ3v) is 4.70. The van der Waals surface area contributed by atoms with Gasteiger partial charge in [0.05, 0.1) is 17.8 Å². The zero-order valence-corrected chi connectivity index (χ0v) is 14.9. The number of piperidine rings is 1. The highest BCUT2D eigenvalue weighted by Gasteiger charge is 2.26. The molecule has 7 heteroatoms. The molecule has 0 saturated carbocycles. The average Bonchev–Trinajstić information content (AvgIpc) is 2.62. The molecular weight excluding hydrogens is 340 g/mol. The van der Waals surface area contributed by atoms with Crippen LogP contribution in [0.25, 0.3) is 0 Å². The van der Waals surface area contributed by atoms with Crippen LogP contribution < -0.4 is 15.8 Å². The van der Waals surface area contributed by atoms with Gasteiger partial charge >= 0.3 is 0 Å². The summed E-state index contributed by atoms with van der Waals surface area (Å²) in [5.74, 6) is -0.0709. The van der Waals surface area contributed by atoms with Crippen molar-refractivity contribution in [3.8, 4) is 0 Å². The maximum absolute atomic E-state index is 12.5. The van der Waals surface area contributed by atoms with Gasteiger partial charge in [0.1, 0.15) is 0 Å². The predicted molar refractivity (Wildman–Crippen MR) is 97.7 cm³/mol. The van der Waals surface area contributed by atoms with Crippen molar-refractivity contribution in [2.24, 2.45) is 13.0 Å². The molecule has 1 aromatic carbocycles. The Morgan fingerprint density at radius 3 is 3.00 bits per heavy atom. The molecule has 0 aliphatic carbocycles. The van der Waals surface area contributed by atoms with E-state index >= 15 is 0 Å². The highest BCUT2D eigenvalue weighted by atomic mass is 35.5. The van der Waals surface area contributed by atoms with E-state index < -0.39 is 0 Å². The maximum atomic E-state index is 12.5. The first-order valence-electron chi connectivity index (χ1n) is 8.33. The summed E-state index contributed by atoms with van der Waals surface area (Å²) in [6.07, 6.45) is 3.42.